The van der Waals surface area contributed by atoms with Crippen molar-refractivity contribution in [3.05, 3.63) is 12.4 Å². The van der Waals surface area contributed by atoms with Crippen LogP contribution >= 0.6 is 0 Å². The van der Waals surface area contributed by atoms with Gasteiger partial charge in [-0.3, -0.25) is 0 Å². The van der Waals surface area contributed by atoms with E-state index in [9.17, 15) is 8.42 Å². The van der Waals surface area contributed by atoms with Crippen LogP contribution in [0.15, 0.2) is 17.3 Å². The number of nitrogens with one attached hydrogen (secondary N) is 1. The number of likely N-dealkylation sites (N-methyl/N-ethyl adjacent to an activating group) is 1. The highest BCUT2D eigenvalue weighted by atomic mass is 32.2. The summed E-state index contributed by atoms with van der Waals surface area (Å²) in [6, 6.07) is 0. The van der Waals surface area contributed by atoms with Crippen LogP contribution in [-0.2, 0) is 10.0 Å². The minimum atomic E-state index is -3.47. The Hall–Kier alpha value is -1.25. The number of sulfonamides is 1. The Morgan fingerprint density at radius 2 is 1.80 bits per heavy atom. The summed E-state index contributed by atoms with van der Waals surface area (Å²) in [4.78, 5) is 10.4. The van der Waals surface area contributed by atoms with E-state index in [1.54, 1.807) is 0 Å². The monoisotopic (exact) mass is 299 g/mol. The highest BCUT2D eigenvalue weighted by Crippen LogP contribution is 2.16. The largest absolute Gasteiger partial charge is 0.354 e. The molecule has 1 saturated heterocycles. The number of hydrogen-bond donors (Lipinski definition) is 1. The van der Waals surface area contributed by atoms with Crippen molar-refractivity contribution in [3.8, 4) is 0 Å². The first-order valence-electron chi connectivity index (χ1n) is 6.78. The van der Waals surface area contributed by atoms with Crippen molar-refractivity contribution in [2.45, 2.75) is 18.2 Å². The van der Waals surface area contributed by atoms with Gasteiger partial charge in [-0.05, 0) is 13.5 Å². The maximum Gasteiger partial charge on any atom is 0.246 e. The summed E-state index contributed by atoms with van der Waals surface area (Å²) < 4.78 is 26.3. The van der Waals surface area contributed by atoms with Crippen molar-refractivity contribution in [2.24, 2.45) is 0 Å². The third kappa shape index (κ3) is 3.44. The summed E-state index contributed by atoms with van der Waals surface area (Å²) in [5, 5.41) is 3.02. The molecule has 8 heteroatoms. The normalized spacial score (nSPS) is 18.1. The fraction of sp³-hybridized carbons (Fsp3) is 0.667. The molecular weight excluding hydrogens is 278 g/mol. The Balaban J connectivity index is 2.09. The van der Waals surface area contributed by atoms with Gasteiger partial charge in [-0.15, -0.1) is 0 Å². The Kier molecular flexibility index (Phi) is 4.90. The molecule has 0 radical (unpaired) electrons. The van der Waals surface area contributed by atoms with Crippen LogP contribution in [-0.4, -0.2) is 67.4 Å². The maximum atomic E-state index is 12.4. The maximum absolute atomic E-state index is 12.4. The van der Waals surface area contributed by atoms with Gasteiger partial charge < -0.3 is 10.2 Å². The second kappa shape index (κ2) is 6.47. The van der Waals surface area contributed by atoms with Crippen LogP contribution in [0.4, 0.5) is 5.95 Å². The molecule has 20 heavy (non-hydrogen) atoms. The van der Waals surface area contributed by atoms with Crippen LogP contribution < -0.4 is 5.32 Å². The number of piperazine rings is 1. The van der Waals surface area contributed by atoms with Gasteiger partial charge in [0.2, 0.25) is 16.0 Å². The van der Waals surface area contributed by atoms with Crippen LogP contribution in [0.3, 0.4) is 0 Å². The Morgan fingerprint density at radius 3 is 2.35 bits per heavy atom. The second-order valence-electron chi connectivity index (χ2n) is 4.88. The van der Waals surface area contributed by atoms with Gasteiger partial charge in [0, 0.05) is 32.7 Å². The van der Waals surface area contributed by atoms with Crippen LogP contribution in [0.25, 0.3) is 0 Å². The van der Waals surface area contributed by atoms with Crippen LogP contribution in [0.2, 0.25) is 0 Å². The zero-order chi connectivity index (χ0) is 14.6. The highest BCUT2D eigenvalue weighted by Gasteiger charge is 2.27. The molecule has 0 atom stereocenters. The lowest BCUT2D eigenvalue weighted by molar-refractivity contribution is 0.222. The zero-order valence-corrected chi connectivity index (χ0v) is 12.7. The minimum Gasteiger partial charge on any atom is -0.354 e. The standard InChI is InChI=1S/C12H21N5O2S/c1-3-4-13-12-14-9-11(10-15-12)20(18,19)17-7-5-16(2)6-8-17/h9-10H,3-8H2,1-2H3,(H,13,14,15). The Labute approximate surface area is 120 Å². The van der Waals surface area contributed by atoms with Crippen LogP contribution in [0, 0.1) is 0 Å². The average Bonchev–Trinajstić information content (AvgIpc) is 2.46. The van der Waals surface area contributed by atoms with Crippen molar-refractivity contribution in [3.63, 3.8) is 0 Å². The fourth-order valence-electron chi connectivity index (χ4n) is 1.96. The van der Waals surface area contributed by atoms with E-state index < -0.39 is 10.0 Å². The van der Waals surface area contributed by atoms with Crippen molar-refractivity contribution >= 4 is 16.0 Å². The molecule has 1 N–H and O–H groups in total. The average molecular weight is 299 g/mol. The molecule has 0 aromatic carbocycles. The predicted molar refractivity (Wildman–Crippen MR) is 77.1 cm³/mol. The quantitative estimate of drug-likeness (QED) is 0.839. The first-order valence-corrected chi connectivity index (χ1v) is 8.22. The van der Waals surface area contributed by atoms with Gasteiger partial charge in [0.1, 0.15) is 4.90 Å². The summed E-state index contributed by atoms with van der Waals surface area (Å²) in [5.41, 5.74) is 0. The summed E-state index contributed by atoms with van der Waals surface area (Å²) in [5.74, 6) is 0.462. The van der Waals surface area contributed by atoms with Gasteiger partial charge in [0.15, 0.2) is 0 Å². The highest BCUT2D eigenvalue weighted by molar-refractivity contribution is 7.89. The number of nitrogens with zero attached hydrogens (tertiary/aromatic N) is 4. The molecule has 7 nitrogen and oxygen atoms in total. The van der Waals surface area contributed by atoms with Crippen molar-refractivity contribution in [1.82, 2.24) is 19.2 Å². The lowest BCUT2D eigenvalue weighted by Crippen LogP contribution is -2.47. The van der Waals surface area contributed by atoms with Gasteiger partial charge in [0.05, 0.1) is 12.4 Å². The Morgan fingerprint density at radius 1 is 1.20 bits per heavy atom. The number of hydrogen-bond acceptors (Lipinski definition) is 6. The topological polar surface area (TPSA) is 78.4 Å². The lowest BCUT2D eigenvalue weighted by Gasteiger charge is -2.31. The molecule has 2 heterocycles. The molecule has 0 aliphatic carbocycles. The smallest absolute Gasteiger partial charge is 0.246 e. The van der Waals surface area contributed by atoms with Gasteiger partial charge >= 0.3 is 0 Å². The SMILES string of the molecule is CCCNc1ncc(S(=O)(=O)N2CCN(C)CC2)cn1. The van der Waals surface area contributed by atoms with E-state index in [0.717, 1.165) is 26.1 Å². The van der Waals surface area contributed by atoms with Gasteiger partial charge in [-0.25, -0.2) is 18.4 Å². The first kappa shape index (κ1) is 15.1. The first-order chi connectivity index (χ1) is 9.54. The van der Waals surface area contributed by atoms with Crippen molar-refractivity contribution < 1.29 is 8.42 Å². The van der Waals surface area contributed by atoms with E-state index in [1.165, 1.54) is 16.7 Å². The molecule has 112 valence electrons. The van der Waals surface area contributed by atoms with E-state index in [1.807, 2.05) is 14.0 Å². The molecule has 0 unspecified atom stereocenters. The number of aromatic nitrogens is 2. The third-order valence-electron chi connectivity index (χ3n) is 3.26. The van der Waals surface area contributed by atoms with Gasteiger partial charge in [-0.2, -0.15) is 4.31 Å². The molecule has 1 fully saturated rings. The van der Waals surface area contributed by atoms with Crippen molar-refractivity contribution in [2.75, 3.05) is 45.1 Å². The van der Waals surface area contributed by atoms with E-state index in [0.29, 0.717) is 19.0 Å². The minimum absolute atomic E-state index is 0.157. The van der Waals surface area contributed by atoms with Gasteiger partial charge in [0.25, 0.3) is 0 Å². The van der Waals surface area contributed by atoms with Crippen LogP contribution in [0.5, 0.6) is 0 Å². The molecule has 1 aromatic heterocycles. The molecular formula is C12H21N5O2S. The predicted octanol–water partition coefficient (Wildman–Crippen LogP) is 0.235. The molecule has 0 spiro atoms. The molecule has 1 aromatic rings. The Bertz CT molecular complexity index is 523. The summed E-state index contributed by atoms with van der Waals surface area (Å²) in [6.07, 6.45) is 3.71. The van der Waals surface area contributed by atoms with E-state index in [4.69, 9.17) is 0 Å². The number of anilines is 1. The molecule has 2 rings (SSSR count). The molecule has 1 aliphatic heterocycles. The molecule has 0 bridgehead atoms. The summed E-state index contributed by atoms with van der Waals surface area (Å²) in [6.45, 7) is 5.32. The van der Waals surface area contributed by atoms with Gasteiger partial charge in [-0.1, -0.05) is 6.92 Å². The summed E-state index contributed by atoms with van der Waals surface area (Å²) >= 11 is 0. The van der Waals surface area contributed by atoms with E-state index >= 15 is 0 Å². The lowest BCUT2D eigenvalue weighted by atomic mass is 10.4. The van der Waals surface area contributed by atoms with E-state index in [2.05, 4.69) is 20.2 Å². The summed E-state index contributed by atoms with van der Waals surface area (Å²) in [7, 11) is -1.48. The second-order valence-corrected chi connectivity index (χ2v) is 6.81. The van der Waals surface area contributed by atoms with Crippen molar-refractivity contribution in [1.29, 1.82) is 0 Å². The third-order valence-corrected chi connectivity index (χ3v) is 5.11. The molecule has 1 aliphatic rings. The molecule has 0 amide bonds. The fourth-order valence-corrected chi connectivity index (χ4v) is 3.27. The molecule has 0 saturated carbocycles. The zero-order valence-electron chi connectivity index (χ0n) is 11.9. The number of rotatable bonds is 5. The van der Waals surface area contributed by atoms with E-state index in [-0.39, 0.29) is 4.90 Å². The van der Waals surface area contributed by atoms with Crippen LogP contribution in [0.1, 0.15) is 13.3 Å².